The number of hydrogen-bond acceptors (Lipinski definition) is 4. The second-order valence-corrected chi connectivity index (χ2v) is 8.49. The number of aliphatic hydroxyl groups is 1. The third-order valence-electron chi connectivity index (χ3n) is 5.65. The van der Waals surface area contributed by atoms with Crippen LogP contribution in [-0.4, -0.2) is 56.4 Å². The van der Waals surface area contributed by atoms with Crippen molar-refractivity contribution in [1.82, 2.24) is 4.90 Å². The molecule has 0 bridgehead atoms. The number of unbranched alkanes of at least 4 members (excludes halogenated alkanes) is 5. The van der Waals surface area contributed by atoms with Crippen LogP contribution >= 0.6 is 0 Å². The van der Waals surface area contributed by atoms with Gasteiger partial charge in [-0.2, -0.15) is 0 Å². The number of piperidine rings is 1. The number of hydrogen-bond donors (Lipinski definition) is 3. The van der Waals surface area contributed by atoms with Crippen molar-refractivity contribution >= 4 is 11.9 Å². The molecule has 0 aliphatic carbocycles. The molecule has 1 aliphatic heterocycles. The van der Waals surface area contributed by atoms with Crippen molar-refractivity contribution in [3.05, 3.63) is 0 Å². The van der Waals surface area contributed by atoms with E-state index in [0.29, 0.717) is 0 Å². The normalized spacial score (nSPS) is 21.5. The second-order valence-electron chi connectivity index (χ2n) is 8.49. The van der Waals surface area contributed by atoms with Crippen LogP contribution in [0, 0.1) is 0 Å². The Balaban J connectivity index is 0.000000485. The lowest BCUT2D eigenvalue weighted by Gasteiger charge is -2.53. The van der Waals surface area contributed by atoms with Crippen molar-refractivity contribution in [1.29, 1.82) is 0 Å². The van der Waals surface area contributed by atoms with Gasteiger partial charge >= 0.3 is 11.9 Å². The molecular weight excluding hydrogens is 334 g/mol. The summed E-state index contributed by atoms with van der Waals surface area (Å²) in [6.45, 7) is 8.69. The summed E-state index contributed by atoms with van der Waals surface area (Å²) in [7, 11) is 2.10. The molecule has 1 aliphatic rings. The molecule has 26 heavy (non-hydrogen) atoms. The zero-order chi connectivity index (χ0) is 20.4. The molecule has 0 aromatic heterocycles. The monoisotopic (exact) mass is 373 g/mol. The standard InChI is InChI=1S/C10H21NO.C10H18O4/c1-9(2)7-6-8(12)10(3,4)11(9)5;11-9(12)7-5-3-1-2-4-6-8-10(13)14/h8,12H,6-7H2,1-5H3;1-8H2,(H,11,12)(H,13,14). The molecule has 1 heterocycles. The third kappa shape index (κ3) is 9.53. The lowest BCUT2D eigenvalue weighted by molar-refractivity contribution is -0.138. The maximum atomic E-state index is 10.1. The Labute approximate surface area is 158 Å². The number of likely N-dealkylation sites (tertiary alicyclic amines) is 1. The quantitative estimate of drug-likeness (QED) is 0.530. The van der Waals surface area contributed by atoms with E-state index >= 15 is 0 Å². The molecule has 1 fully saturated rings. The highest BCUT2D eigenvalue weighted by Gasteiger charge is 2.43. The highest BCUT2D eigenvalue weighted by Crippen LogP contribution is 2.36. The highest BCUT2D eigenvalue weighted by molar-refractivity contribution is 5.66. The van der Waals surface area contributed by atoms with Crippen LogP contribution < -0.4 is 0 Å². The molecule has 0 aromatic carbocycles. The van der Waals surface area contributed by atoms with E-state index < -0.39 is 11.9 Å². The molecule has 0 radical (unpaired) electrons. The summed E-state index contributed by atoms with van der Waals surface area (Å²) >= 11 is 0. The average molecular weight is 374 g/mol. The minimum Gasteiger partial charge on any atom is -0.481 e. The lowest BCUT2D eigenvalue weighted by Crippen LogP contribution is -2.62. The Morgan fingerprint density at radius 2 is 1.27 bits per heavy atom. The minimum atomic E-state index is -0.740. The molecular formula is C20H39NO5. The van der Waals surface area contributed by atoms with Gasteiger partial charge in [0.15, 0.2) is 0 Å². The number of aliphatic carboxylic acids is 2. The van der Waals surface area contributed by atoms with Crippen LogP contribution in [-0.2, 0) is 9.59 Å². The number of nitrogens with zero attached hydrogens (tertiary/aromatic N) is 1. The Hall–Kier alpha value is -1.14. The molecule has 3 N–H and O–H groups in total. The minimum absolute atomic E-state index is 0.0816. The van der Waals surface area contributed by atoms with Crippen LogP contribution in [0.2, 0.25) is 0 Å². The Morgan fingerprint density at radius 1 is 0.885 bits per heavy atom. The molecule has 1 atom stereocenters. The predicted molar refractivity (Wildman–Crippen MR) is 103 cm³/mol. The molecule has 1 rings (SSSR count). The van der Waals surface area contributed by atoms with E-state index in [4.69, 9.17) is 10.2 Å². The van der Waals surface area contributed by atoms with Gasteiger partial charge in [-0.3, -0.25) is 14.5 Å². The summed E-state index contributed by atoms with van der Waals surface area (Å²) in [5, 5.41) is 26.5. The van der Waals surface area contributed by atoms with Gasteiger partial charge in [-0.15, -0.1) is 0 Å². The first-order chi connectivity index (χ1) is 11.9. The summed E-state index contributed by atoms with van der Waals surface area (Å²) in [6, 6.07) is 0. The number of carbonyl (C=O) groups is 2. The maximum Gasteiger partial charge on any atom is 0.303 e. The van der Waals surface area contributed by atoms with Gasteiger partial charge in [0, 0.05) is 23.9 Å². The largest absolute Gasteiger partial charge is 0.481 e. The smallest absolute Gasteiger partial charge is 0.303 e. The van der Waals surface area contributed by atoms with Crippen molar-refractivity contribution in [3.63, 3.8) is 0 Å². The number of likely N-dealkylation sites (N-methyl/N-ethyl adjacent to an activating group) is 1. The molecule has 1 unspecified atom stereocenters. The maximum absolute atomic E-state index is 10.1. The van der Waals surface area contributed by atoms with Crippen molar-refractivity contribution in [2.45, 2.75) is 109 Å². The fraction of sp³-hybridized carbons (Fsp3) is 0.900. The molecule has 0 amide bonds. The van der Waals surface area contributed by atoms with Crippen molar-refractivity contribution < 1.29 is 24.9 Å². The van der Waals surface area contributed by atoms with Crippen LogP contribution in [0.1, 0.15) is 91.9 Å². The number of carboxylic acids is 2. The van der Waals surface area contributed by atoms with Crippen molar-refractivity contribution in [2.24, 2.45) is 0 Å². The Morgan fingerprint density at radius 3 is 1.62 bits per heavy atom. The van der Waals surface area contributed by atoms with Crippen molar-refractivity contribution in [2.75, 3.05) is 7.05 Å². The second kappa shape index (κ2) is 11.5. The zero-order valence-electron chi connectivity index (χ0n) is 17.3. The lowest BCUT2D eigenvalue weighted by atomic mass is 9.78. The summed E-state index contributed by atoms with van der Waals surface area (Å²) in [4.78, 5) is 22.6. The molecule has 0 aromatic rings. The Bertz CT molecular complexity index is 414. The number of aliphatic hydroxyl groups excluding tert-OH is 1. The van der Waals surface area contributed by atoms with E-state index in [1.165, 1.54) is 0 Å². The molecule has 1 saturated heterocycles. The van der Waals surface area contributed by atoms with E-state index in [2.05, 4.69) is 39.6 Å². The van der Waals surface area contributed by atoms with Gasteiger partial charge in [0.1, 0.15) is 0 Å². The summed E-state index contributed by atoms with van der Waals surface area (Å²) < 4.78 is 0. The average Bonchev–Trinajstić information content (AvgIpc) is 2.53. The van der Waals surface area contributed by atoms with Crippen LogP contribution in [0.15, 0.2) is 0 Å². The van der Waals surface area contributed by atoms with Gasteiger partial charge < -0.3 is 15.3 Å². The fourth-order valence-corrected chi connectivity index (χ4v) is 3.27. The van der Waals surface area contributed by atoms with Gasteiger partial charge in [-0.25, -0.2) is 0 Å². The zero-order valence-corrected chi connectivity index (χ0v) is 17.3. The SMILES string of the molecule is CN1C(C)(C)CCC(O)C1(C)C.O=C(O)CCCCCCCCC(=O)O. The van der Waals surface area contributed by atoms with Crippen molar-refractivity contribution in [3.8, 4) is 0 Å². The molecule has 154 valence electrons. The number of carboxylic acid groups (broad SMARTS) is 2. The van der Waals surface area contributed by atoms with Gasteiger partial charge in [-0.1, -0.05) is 25.7 Å². The summed E-state index contributed by atoms with van der Waals surface area (Å²) in [5.74, 6) is -1.48. The van der Waals surface area contributed by atoms with Crippen LogP contribution in [0.5, 0.6) is 0 Å². The molecule has 6 nitrogen and oxygen atoms in total. The molecule has 0 spiro atoms. The van der Waals surface area contributed by atoms with Crippen LogP contribution in [0.25, 0.3) is 0 Å². The van der Waals surface area contributed by atoms with Crippen LogP contribution in [0.4, 0.5) is 0 Å². The molecule has 6 heteroatoms. The Kier molecular flexibility index (Phi) is 11.0. The van der Waals surface area contributed by atoms with E-state index in [0.717, 1.165) is 51.4 Å². The van der Waals surface area contributed by atoms with Gasteiger partial charge in [0.05, 0.1) is 6.10 Å². The third-order valence-corrected chi connectivity index (χ3v) is 5.65. The highest BCUT2D eigenvalue weighted by atomic mass is 16.4. The summed E-state index contributed by atoms with van der Waals surface area (Å²) in [5.41, 5.74) is 0.143. The van der Waals surface area contributed by atoms with Crippen LogP contribution in [0.3, 0.4) is 0 Å². The predicted octanol–water partition coefficient (Wildman–Crippen LogP) is 3.91. The summed E-state index contributed by atoms with van der Waals surface area (Å²) in [6.07, 6.45) is 7.64. The fourth-order valence-electron chi connectivity index (χ4n) is 3.27. The number of rotatable bonds is 9. The van der Waals surface area contributed by atoms with E-state index in [-0.39, 0.29) is 30.0 Å². The first-order valence-corrected chi connectivity index (χ1v) is 9.77. The van der Waals surface area contributed by atoms with Gasteiger partial charge in [0.2, 0.25) is 0 Å². The van der Waals surface area contributed by atoms with E-state index in [9.17, 15) is 14.7 Å². The van der Waals surface area contributed by atoms with E-state index in [1.54, 1.807) is 0 Å². The van der Waals surface area contributed by atoms with Gasteiger partial charge in [-0.05, 0) is 60.4 Å². The first kappa shape index (κ1) is 24.9. The van der Waals surface area contributed by atoms with E-state index in [1.807, 2.05) is 0 Å². The topological polar surface area (TPSA) is 98.1 Å². The molecule has 0 saturated carbocycles. The van der Waals surface area contributed by atoms with Gasteiger partial charge in [0.25, 0.3) is 0 Å². The first-order valence-electron chi connectivity index (χ1n) is 9.77.